The Balaban J connectivity index is 1.53. The number of aromatic nitrogens is 2. The number of hydrogen-bond acceptors (Lipinski definition) is 6. The maximum absolute atomic E-state index is 12.6. The lowest BCUT2D eigenvalue weighted by atomic mass is 9.92. The summed E-state index contributed by atoms with van der Waals surface area (Å²) < 4.78 is 5.58. The number of hydrogen-bond donors (Lipinski definition) is 1. The number of phenols is 1. The molecule has 0 spiro atoms. The van der Waals surface area contributed by atoms with Gasteiger partial charge in [-0.3, -0.25) is 0 Å². The monoisotopic (exact) mass is 424 g/mol. The summed E-state index contributed by atoms with van der Waals surface area (Å²) in [5.74, 6) is 1.45. The molecule has 0 aliphatic carbocycles. The molecular weight excluding hydrogens is 392 g/mol. The van der Waals surface area contributed by atoms with E-state index in [1.165, 1.54) is 0 Å². The number of rotatable bonds is 2. The van der Waals surface area contributed by atoms with Gasteiger partial charge in [-0.05, 0) is 82.7 Å². The van der Waals surface area contributed by atoms with E-state index in [0.717, 1.165) is 48.4 Å². The van der Waals surface area contributed by atoms with E-state index in [0.29, 0.717) is 18.2 Å². The van der Waals surface area contributed by atoms with Crippen LogP contribution in [-0.4, -0.2) is 57.6 Å². The van der Waals surface area contributed by atoms with E-state index in [2.05, 4.69) is 15.1 Å². The topological polar surface area (TPSA) is 78.8 Å². The Kier molecular flexibility index (Phi) is 5.54. The number of carbonyl (C=O) groups excluding carboxylic acids is 1. The van der Waals surface area contributed by atoms with Gasteiger partial charge in [0.05, 0.1) is 11.7 Å². The lowest BCUT2D eigenvalue weighted by molar-refractivity contribution is 0.0287. The van der Waals surface area contributed by atoms with Crippen LogP contribution in [0.15, 0.2) is 24.3 Å². The van der Waals surface area contributed by atoms with Crippen molar-refractivity contribution in [3.05, 3.63) is 35.4 Å². The summed E-state index contributed by atoms with van der Waals surface area (Å²) in [4.78, 5) is 16.7. The highest BCUT2D eigenvalue weighted by Gasteiger charge is 2.42. The third-order valence-corrected chi connectivity index (χ3v) is 6.09. The van der Waals surface area contributed by atoms with Crippen molar-refractivity contribution < 1.29 is 14.6 Å². The molecule has 31 heavy (non-hydrogen) atoms. The molecule has 2 aromatic rings. The van der Waals surface area contributed by atoms with Crippen molar-refractivity contribution >= 4 is 11.9 Å². The SMILES string of the molecule is Cc1cc(C)c(-c2ccc(N3CCC[C@@H]4CN(C(=O)OC(C)(C)C)C[C@H]43)nn2)c(O)c1. The maximum atomic E-state index is 12.6. The van der Waals surface area contributed by atoms with Gasteiger partial charge in [-0.2, -0.15) is 0 Å². The Morgan fingerprint density at radius 2 is 1.94 bits per heavy atom. The van der Waals surface area contributed by atoms with Crippen molar-refractivity contribution in [2.45, 2.75) is 59.1 Å². The number of fused-ring (bicyclic) bond motifs is 1. The summed E-state index contributed by atoms with van der Waals surface area (Å²) in [6.07, 6.45) is 1.92. The molecular formula is C24H32N4O3. The van der Waals surface area contributed by atoms with Crippen molar-refractivity contribution in [2.24, 2.45) is 5.92 Å². The second-order valence-corrected chi connectivity index (χ2v) is 9.80. The fourth-order valence-electron chi connectivity index (χ4n) is 4.83. The van der Waals surface area contributed by atoms with Crippen molar-refractivity contribution in [1.82, 2.24) is 15.1 Å². The normalized spacial score (nSPS) is 21.2. The number of anilines is 1. The summed E-state index contributed by atoms with van der Waals surface area (Å²) in [7, 11) is 0. The number of aromatic hydroxyl groups is 1. The summed E-state index contributed by atoms with van der Waals surface area (Å²) in [5.41, 5.74) is 2.87. The molecule has 2 aliphatic heterocycles. The molecule has 2 atom stereocenters. The second-order valence-electron chi connectivity index (χ2n) is 9.80. The summed E-state index contributed by atoms with van der Waals surface area (Å²) in [6, 6.07) is 7.89. The number of nitrogens with zero attached hydrogens (tertiary/aromatic N) is 4. The van der Waals surface area contributed by atoms with Crippen LogP contribution in [0, 0.1) is 19.8 Å². The van der Waals surface area contributed by atoms with E-state index in [1.54, 1.807) is 6.07 Å². The van der Waals surface area contributed by atoms with Gasteiger partial charge in [0.25, 0.3) is 0 Å². The van der Waals surface area contributed by atoms with E-state index in [1.807, 2.05) is 57.7 Å². The number of benzene rings is 1. The standard InChI is InChI=1S/C24H32N4O3/c1-15-11-16(2)22(20(29)12-15)18-8-9-21(26-25-18)28-10-6-7-17-13-27(14-19(17)28)23(30)31-24(3,4)5/h8-9,11-12,17,19,29H,6-7,10,13-14H2,1-5H3/t17-,19-/m1/s1. The molecule has 7 nitrogen and oxygen atoms in total. The molecule has 0 saturated carbocycles. The molecule has 0 radical (unpaired) electrons. The molecule has 2 aliphatic rings. The highest BCUT2D eigenvalue weighted by Crippen LogP contribution is 2.36. The van der Waals surface area contributed by atoms with Gasteiger partial charge in [0, 0.05) is 25.2 Å². The third-order valence-electron chi connectivity index (χ3n) is 6.09. The zero-order chi connectivity index (χ0) is 22.3. The number of likely N-dealkylation sites (tertiary alicyclic amines) is 1. The van der Waals surface area contributed by atoms with E-state index < -0.39 is 5.60 Å². The number of amides is 1. The minimum atomic E-state index is -0.495. The van der Waals surface area contributed by atoms with Crippen LogP contribution >= 0.6 is 0 Å². The van der Waals surface area contributed by atoms with Crippen molar-refractivity contribution in [2.75, 3.05) is 24.5 Å². The van der Waals surface area contributed by atoms with Gasteiger partial charge >= 0.3 is 6.09 Å². The molecule has 3 heterocycles. The summed E-state index contributed by atoms with van der Waals surface area (Å²) >= 11 is 0. The quantitative estimate of drug-likeness (QED) is 0.774. The Labute approximate surface area is 184 Å². The lowest BCUT2D eigenvalue weighted by Crippen LogP contribution is -2.46. The first-order valence-corrected chi connectivity index (χ1v) is 11.0. The number of piperidine rings is 1. The zero-order valence-electron chi connectivity index (χ0n) is 19.1. The van der Waals surface area contributed by atoms with Crippen molar-refractivity contribution in [1.29, 1.82) is 0 Å². The largest absolute Gasteiger partial charge is 0.507 e. The van der Waals surface area contributed by atoms with Crippen LogP contribution in [0.5, 0.6) is 5.75 Å². The van der Waals surface area contributed by atoms with Crippen LogP contribution in [0.4, 0.5) is 10.6 Å². The van der Waals surface area contributed by atoms with Gasteiger partial charge in [0.15, 0.2) is 5.82 Å². The number of phenolic OH excluding ortho intramolecular Hbond substituents is 1. The smallest absolute Gasteiger partial charge is 0.410 e. The molecule has 0 unspecified atom stereocenters. The summed E-state index contributed by atoms with van der Waals surface area (Å²) in [5, 5.41) is 19.3. The van der Waals surface area contributed by atoms with Gasteiger partial charge in [0.2, 0.25) is 0 Å². The van der Waals surface area contributed by atoms with E-state index in [-0.39, 0.29) is 17.9 Å². The molecule has 1 aromatic heterocycles. The average Bonchev–Trinajstić information content (AvgIpc) is 3.11. The van der Waals surface area contributed by atoms with Gasteiger partial charge in [-0.1, -0.05) is 6.07 Å². The van der Waals surface area contributed by atoms with Crippen molar-refractivity contribution in [3.8, 4) is 17.0 Å². The van der Waals surface area contributed by atoms with Gasteiger partial charge < -0.3 is 19.6 Å². The van der Waals surface area contributed by atoms with E-state index >= 15 is 0 Å². The minimum Gasteiger partial charge on any atom is -0.507 e. The van der Waals surface area contributed by atoms with Crippen LogP contribution in [-0.2, 0) is 4.74 Å². The fourth-order valence-corrected chi connectivity index (χ4v) is 4.83. The van der Waals surface area contributed by atoms with Crippen LogP contribution in [0.1, 0.15) is 44.7 Å². The average molecular weight is 425 g/mol. The highest BCUT2D eigenvalue weighted by molar-refractivity contribution is 5.71. The van der Waals surface area contributed by atoms with E-state index in [4.69, 9.17) is 4.74 Å². The predicted octanol–water partition coefficient (Wildman–Crippen LogP) is 4.30. The lowest BCUT2D eigenvalue weighted by Gasteiger charge is -2.37. The molecule has 1 amide bonds. The van der Waals surface area contributed by atoms with Crippen LogP contribution in [0.2, 0.25) is 0 Å². The number of carbonyl (C=O) groups is 1. The Morgan fingerprint density at radius 3 is 2.58 bits per heavy atom. The molecule has 2 fully saturated rings. The molecule has 2 saturated heterocycles. The minimum absolute atomic E-state index is 0.218. The van der Waals surface area contributed by atoms with Crippen LogP contribution < -0.4 is 4.90 Å². The number of ether oxygens (including phenoxy) is 1. The van der Waals surface area contributed by atoms with Gasteiger partial charge in [-0.25, -0.2) is 4.79 Å². The van der Waals surface area contributed by atoms with Gasteiger partial charge in [-0.15, -0.1) is 10.2 Å². The zero-order valence-corrected chi connectivity index (χ0v) is 19.1. The first kappa shape index (κ1) is 21.4. The highest BCUT2D eigenvalue weighted by atomic mass is 16.6. The molecule has 0 bridgehead atoms. The van der Waals surface area contributed by atoms with E-state index in [9.17, 15) is 9.90 Å². The van der Waals surface area contributed by atoms with Crippen LogP contribution in [0.3, 0.4) is 0 Å². The molecule has 4 rings (SSSR count). The third kappa shape index (κ3) is 4.45. The Hall–Kier alpha value is -2.83. The first-order valence-electron chi connectivity index (χ1n) is 11.0. The maximum Gasteiger partial charge on any atom is 0.410 e. The Morgan fingerprint density at radius 1 is 1.16 bits per heavy atom. The fraction of sp³-hybridized carbons (Fsp3) is 0.542. The number of aryl methyl sites for hydroxylation is 2. The second kappa shape index (κ2) is 8.02. The molecule has 7 heteroatoms. The van der Waals surface area contributed by atoms with Gasteiger partial charge in [0.1, 0.15) is 11.4 Å². The van der Waals surface area contributed by atoms with Crippen LogP contribution in [0.25, 0.3) is 11.3 Å². The van der Waals surface area contributed by atoms with Crippen molar-refractivity contribution in [3.63, 3.8) is 0 Å². The molecule has 1 N–H and O–H groups in total. The predicted molar refractivity (Wildman–Crippen MR) is 120 cm³/mol. The summed E-state index contributed by atoms with van der Waals surface area (Å²) in [6.45, 7) is 11.9. The molecule has 166 valence electrons. The molecule has 1 aromatic carbocycles. The first-order chi connectivity index (χ1) is 14.6. The Bertz CT molecular complexity index is 945.